The fraction of sp³-hybridized carbons (Fsp3) is 0.217. The fourth-order valence-corrected chi connectivity index (χ4v) is 3.32. The van der Waals surface area contributed by atoms with Gasteiger partial charge < -0.3 is 25.5 Å². The molecule has 1 unspecified atom stereocenters. The number of aromatic amines is 1. The molecule has 0 fully saturated rings. The van der Waals surface area contributed by atoms with E-state index in [1.54, 1.807) is 24.4 Å². The van der Waals surface area contributed by atoms with Crippen molar-refractivity contribution in [3.05, 3.63) is 72.1 Å². The molecule has 3 aromatic rings. The van der Waals surface area contributed by atoms with Crippen molar-refractivity contribution in [2.75, 3.05) is 10.6 Å². The highest BCUT2D eigenvalue weighted by atomic mass is 16.5. The van der Waals surface area contributed by atoms with E-state index in [1.807, 2.05) is 30.3 Å². The first-order valence-corrected chi connectivity index (χ1v) is 10.3. The Hall–Kier alpha value is -4.18. The smallest absolute Gasteiger partial charge is 0.323 e. The second kappa shape index (κ2) is 9.96. The first-order valence-electron chi connectivity index (χ1n) is 10.3. The highest BCUT2D eigenvalue weighted by Gasteiger charge is 2.30. The summed E-state index contributed by atoms with van der Waals surface area (Å²) < 4.78 is 11.0. The Morgan fingerprint density at radius 3 is 2.76 bits per heavy atom. The van der Waals surface area contributed by atoms with E-state index in [0.717, 1.165) is 11.1 Å². The molecule has 2 amide bonds. The lowest BCUT2D eigenvalue weighted by Crippen LogP contribution is -2.39. The summed E-state index contributed by atoms with van der Waals surface area (Å²) in [6.45, 7) is 0.149. The minimum Gasteiger partial charge on any atom is -0.478 e. The third-order valence-corrected chi connectivity index (χ3v) is 4.97. The van der Waals surface area contributed by atoms with E-state index in [4.69, 9.17) is 15.2 Å². The average Bonchev–Trinajstić information content (AvgIpc) is 3.31. The van der Waals surface area contributed by atoms with Gasteiger partial charge in [0.25, 0.3) is 5.91 Å². The van der Waals surface area contributed by atoms with E-state index < -0.39 is 29.9 Å². The van der Waals surface area contributed by atoms with E-state index in [1.165, 1.54) is 6.20 Å². The highest BCUT2D eigenvalue weighted by molar-refractivity contribution is 6.01. The number of carbonyl (C=O) groups is 3. The van der Waals surface area contributed by atoms with Crippen LogP contribution in [0, 0.1) is 0 Å². The lowest BCUT2D eigenvalue weighted by Gasteiger charge is -2.26. The summed E-state index contributed by atoms with van der Waals surface area (Å²) in [4.78, 5) is 43.4. The molecule has 4 rings (SSSR count). The third kappa shape index (κ3) is 5.74. The van der Waals surface area contributed by atoms with Crippen molar-refractivity contribution in [3.8, 4) is 5.75 Å². The molecule has 2 heterocycles. The predicted molar refractivity (Wildman–Crippen MR) is 119 cm³/mol. The quantitative estimate of drug-likeness (QED) is 0.383. The Balaban J connectivity index is 1.32. The fourth-order valence-electron chi connectivity index (χ4n) is 3.32. The SMILES string of the molecule is N[C@@H](Cc1ccc2c(c1)NC(=O)C(CC(=O)Nc1ncc[nH]1)O2)C(=O)OCc1ccccc1. The molecule has 1 aliphatic rings. The Labute approximate surface area is 189 Å². The molecule has 2 aromatic carbocycles. The molecule has 10 heteroatoms. The number of hydrogen-bond acceptors (Lipinski definition) is 7. The van der Waals surface area contributed by atoms with Crippen LogP contribution in [0.5, 0.6) is 5.75 Å². The van der Waals surface area contributed by atoms with Crippen molar-refractivity contribution in [2.24, 2.45) is 5.73 Å². The van der Waals surface area contributed by atoms with Gasteiger partial charge in [-0.25, -0.2) is 4.98 Å². The number of carbonyl (C=O) groups excluding carboxylic acids is 3. The molecule has 0 spiro atoms. The number of esters is 1. The molecule has 10 nitrogen and oxygen atoms in total. The molecule has 2 atom stereocenters. The number of benzene rings is 2. The molecule has 0 radical (unpaired) electrons. The summed E-state index contributed by atoms with van der Waals surface area (Å²) in [6, 6.07) is 13.6. The molecule has 0 aliphatic carbocycles. The van der Waals surface area contributed by atoms with E-state index in [9.17, 15) is 14.4 Å². The van der Waals surface area contributed by atoms with Gasteiger partial charge in [-0.05, 0) is 29.7 Å². The van der Waals surface area contributed by atoms with Crippen molar-refractivity contribution in [1.29, 1.82) is 0 Å². The van der Waals surface area contributed by atoms with Crippen LogP contribution in [-0.2, 0) is 32.1 Å². The number of anilines is 2. The Bertz CT molecular complexity index is 1130. The van der Waals surface area contributed by atoms with Crippen molar-refractivity contribution in [2.45, 2.75) is 31.6 Å². The van der Waals surface area contributed by atoms with Crippen molar-refractivity contribution in [1.82, 2.24) is 9.97 Å². The maximum Gasteiger partial charge on any atom is 0.323 e. The average molecular weight is 449 g/mol. The van der Waals surface area contributed by atoms with Crippen LogP contribution in [0.3, 0.4) is 0 Å². The summed E-state index contributed by atoms with van der Waals surface area (Å²) >= 11 is 0. The zero-order chi connectivity index (χ0) is 23.2. The second-order valence-electron chi connectivity index (χ2n) is 7.52. The maximum atomic E-state index is 12.4. The van der Waals surface area contributed by atoms with Crippen LogP contribution >= 0.6 is 0 Å². The largest absolute Gasteiger partial charge is 0.478 e. The number of fused-ring (bicyclic) bond motifs is 1. The zero-order valence-corrected chi connectivity index (χ0v) is 17.6. The maximum absolute atomic E-state index is 12.4. The number of imidazole rings is 1. The van der Waals surface area contributed by atoms with Crippen LogP contribution in [0.25, 0.3) is 0 Å². The van der Waals surface area contributed by atoms with Gasteiger partial charge in [-0.1, -0.05) is 36.4 Å². The third-order valence-electron chi connectivity index (χ3n) is 4.97. The van der Waals surface area contributed by atoms with Gasteiger partial charge in [0, 0.05) is 12.4 Å². The number of hydrogen-bond donors (Lipinski definition) is 4. The van der Waals surface area contributed by atoms with Gasteiger partial charge in [0.05, 0.1) is 12.1 Å². The van der Waals surface area contributed by atoms with Gasteiger partial charge >= 0.3 is 5.97 Å². The first-order chi connectivity index (χ1) is 16.0. The molecule has 5 N–H and O–H groups in total. The van der Waals surface area contributed by atoms with Gasteiger partial charge in [0.2, 0.25) is 11.9 Å². The molecule has 170 valence electrons. The van der Waals surface area contributed by atoms with E-state index in [-0.39, 0.29) is 19.4 Å². The number of ether oxygens (including phenoxy) is 2. The highest BCUT2D eigenvalue weighted by Crippen LogP contribution is 2.31. The standard InChI is InChI=1S/C23H23N5O5/c24-16(22(31)32-13-14-4-2-1-3-5-14)10-15-6-7-18-17(11-15)27-21(30)19(33-18)12-20(29)28-23-25-8-9-26-23/h1-9,11,16,19H,10,12-13,24H2,(H,27,30)(H2,25,26,28,29)/t16-,19?/m0/s1. The summed E-state index contributed by atoms with van der Waals surface area (Å²) in [6.07, 6.45) is 2.15. The normalized spacial score (nSPS) is 15.5. The zero-order valence-electron chi connectivity index (χ0n) is 17.6. The van der Waals surface area contributed by atoms with E-state index in [2.05, 4.69) is 20.6 Å². The first kappa shape index (κ1) is 22.0. The Kier molecular flexibility index (Phi) is 6.65. The molecule has 33 heavy (non-hydrogen) atoms. The van der Waals surface area contributed by atoms with Gasteiger partial charge in [-0.15, -0.1) is 0 Å². The predicted octanol–water partition coefficient (Wildman–Crippen LogP) is 1.75. The Morgan fingerprint density at radius 1 is 1.18 bits per heavy atom. The van der Waals surface area contributed by atoms with Crippen molar-refractivity contribution >= 4 is 29.4 Å². The lowest BCUT2D eigenvalue weighted by atomic mass is 10.0. The van der Waals surface area contributed by atoms with E-state index >= 15 is 0 Å². The van der Waals surface area contributed by atoms with Gasteiger partial charge in [-0.2, -0.15) is 0 Å². The molecular formula is C23H23N5O5. The minimum atomic E-state index is -0.978. The topological polar surface area (TPSA) is 148 Å². The van der Waals surface area contributed by atoms with Crippen molar-refractivity contribution in [3.63, 3.8) is 0 Å². The number of rotatable bonds is 8. The number of nitrogens with two attached hydrogens (primary N) is 1. The number of amides is 2. The summed E-state index contributed by atoms with van der Waals surface area (Å²) in [7, 11) is 0. The van der Waals surface area contributed by atoms with Crippen LogP contribution in [0.2, 0.25) is 0 Å². The van der Waals surface area contributed by atoms with Crippen LogP contribution in [0.15, 0.2) is 60.9 Å². The van der Waals surface area contributed by atoms with Gasteiger partial charge in [0.15, 0.2) is 6.10 Å². The van der Waals surface area contributed by atoms with Crippen LogP contribution in [0.1, 0.15) is 17.5 Å². The molecule has 1 aromatic heterocycles. The Morgan fingerprint density at radius 2 is 2.00 bits per heavy atom. The number of nitrogens with zero attached hydrogens (tertiary/aromatic N) is 1. The summed E-state index contributed by atoms with van der Waals surface area (Å²) in [5.74, 6) is -0.653. The van der Waals surface area contributed by atoms with Crippen molar-refractivity contribution < 1.29 is 23.9 Å². The van der Waals surface area contributed by atoms with Crippen LogP contribution < -0.4 is 21.1 Å². The molecule has 0 saturated heterocycles. The van der Waals surface area contributed by atoms with Crippen LogP contribution in [0.4, 0.5) is 11.6 Å². The molecule has 1 aliphatic heterocycles. The van der Waals surface area contributed by atoms with Crippen LogP contribution in [-0.4, -0.2) is 39.9 Å². The molecular weight excluding hydrogens is 426 g/mol. The molecule has 0 bridgehead atoms. The van der Waals surface area contributed by atoms with Gasteiger partial charge in [0.1, 0.15) is 18.4 Å². The summed E-state index contributed by atoms with van der Waals surface area (Å²) in [5.41, 5.74) is 8.06. The summed E-state index contributed by atoms with van der Waals surface area (Å²) in [5, 5.41) is 5.29. The number of H-pyrrole nitrogens is 1. The lowest BCUT2D eigenvalue weighted by molar-refractivity contribution is -0.146. The second-order valence-corrected chi connectivity index (χ2v) is 7.52. The monoisotopic (exact) mass is 449 g/mol. The van der Waals surface area contributed by atoms with E-state index in [0.29, 0.717) is 17.4 Å². The number of aromatic nitrogens is 2. The minimum absolute atomic E-state index is 0.149. The van der Waals surface area contributed by atoms with Gasteiger partial charge in [-0.3, -0.25) is 19.7 Å². The molecule has 0 saturated carbocycles. The number of nitrogens with one attached hydrogen (secondary N) is 3.